The van der Waals surface area contributed by atoms with Crippen LogP contribution in [0.2, 0.25) is 0 Å². The van der Waals surface area contributed by atoms with Crippen LogP contribution in [0.3, 0.4) is 0 Å². The molecular weight excluding hydrogens is 198 g/mol. The number of rotatable bonds is 11. The van der Waals surface area contributed by atoms with Crippen molar-refractivity contribution in [2.45, 2.75) is 71.1 Å². The third-order valence-corrected chi connectivity index (χ3v) is 3.05. The first-order valence-corrected chi connectivity index (χ1v) is 7.10. The maximum absolute atomic E-state index is 11.3. The lowest BCUT2D eigenvalue weighted by Crippen LogP contribution is -2.32. The first-order valence-electron chi connectivity index (χ1n) is 7.10. The molecule has 0 saturated heterocycles. The van der Waals surface area contributed by atoms with E-state index in [0.29, 0.717) is 0 Å². The summed E-state index contributed by atoms with van der Waals surface area (Å²) in [6.07, 6.45) is 13.4. The van der Waals surface area contributed by atoms with Crippen molar-refractivity contribution in [3.8, 4) is 0 Å². The molecular formula is C14H31NO. The van der Waals surface area contributed by atoms with Gasteiger partial charge in [0.05, 0.1) is 20.6 Å². The Balaban J connectivity index is 2.99. The first kappa shape index (κ1) is 15.9. The van der Waals surface area contributed by atoms with Crippen molar-refractivity contribution in [1.82, 2.24) is 0 Å². The average Bonchev–Trinajstić information content (AvgIpc) is 2.19. The third kappa shape index (κ3) is 13.9. The molecule has 0 aromatic heterocycles. The largest absolute Gasteiger partial charge is 0.633 e. The van der Waals surface area contributed by atoms with Crippen molar-refractivity contribution < 1.29 is 4.65 Å². The number of hydroxylamine groups is 3. The van der Waals surface area contributed by atoms with Crippen LogP contribution in [0, 0.1) is 5.21 Å². The Hall–Kier alpha value is -0.0800. The first-order chi connectivity index (χ1) is 7.56. The minimum atomic E-state index is -0.128. The van der Waals surface area contributed by atoms with Crippen LogP contribution in [0.5, 0.6) is 0 Å². The fraction of sp³-hybridized carbons (Fsp3) is 1.00. The minimum absolute atomic E-state index is 0.128. The summed E-state index contributed by atoms with van der Waals surface area (Å²) >= 11 is 0. The van der Waals surface area contributed by atoms with Crippen molar-refractivity contribution in [1.29, 1.82) is 0 Å². The summed E-state index contributed by atoms with van der Waals surface area (Å²) in [5.41, 5.74) is 0. The van der Waals surface area contributed by atoms with Gasteiger partial charge in [-0.05, 0) is 12.8 Å². The summed E-state index contributed by atoms with van der Waals surface area (Å²) < 4.78 is -0.128. The number of nitrogens with zero attached hydrogens (tertiary/aromatic N) is 1. The van der Waals surface area contributed by atoms with Gasteiger partial charge in [0.1, 0.15) is 0 Å². The predicted octanol–water partition coefficient (Wildman–Crippen LogP) is 4.48. The second-order valence-corrected chi connectivity index (χ2v) is 5.48. The van der Waals surface area contributed by atoms with Crippen molar-refractivity contribution in [2.75, 3.05) is 20.6 Å². The van der Waals surface area contributed by atoms with Gasteiger partial charge in [-0.25, -0.2) is 0 Å². The normalized spacial score (nSPS) is 12.0. The zero-order valence-electron chi connectivity index (χ0n) is 11.6. The van der Waals surface area contributed by atoms with Gasteiger partial charge >= 0.3 is 0 Å². The molecule has 0 heterocycles. The Morgan fingerprint density at radius 3 is 1.44 bits per heavy atom. The smallest absolute Gasteiger partial charge is 0.0779 e. The van der Waals surface area contributed by atoms with Crippen LogP contribution >= 0.6 is 0 Å². The molecule has 0 amide bonds. The predicted molar refractivity (Wildman–Crippen MR) is 72.2 cm³/mol. The van der Waals surface area contributed by atoms with Gasteiger partial charge in [-0.3, -0.25) is 0 Å². The molecule has 0 saturated carbocycles. The maximum atomic E-state index is 11.3. The van der Waals surface area contributed by atoms with E-state index in [9.17, 15) is 5.21 Å². The topological polar surface area (TPSA) is 23.1 Å². The van der Waals surface area contributed by atoms with E-state index < -0.39 is 0 Å². The van der Waals surface area contributed by atoms with Crippen molar-refractivity contribution in [3.05, 3.63) is 5.21 Å². The fourth-order valence-electron chi connectivity index (χ4n) is 1.98. The van der Waals surface area contributed by atoms with Crippen LogP contribution in [0.15, 0.2) is 0 Å². The van der Waals surface area contributed by atoms with Gasteiger partial charge in [0.25, 0.3) is 0 Å². The molecule has 0 rings (SSSR count). The maximum Gasteiger partial charge on any atom is 0.0779 e. The SMILES string of the molecule is CCCCCCCCCCCC[N+](C)(C)[O-]. The summed E-state index contributed by atoms with van der Waals surface area (Å²) in [6.45, 7) is 3.03. The number of quaternary nitrogens is 1. The van der Waals surface area contributed by atoms with Crippen molar-refractivity contribution in [3.63, 3.8) is 0 Å². The zero-order chi connectivity index (χ0) is 12.3. The molecule has 0 bridgehead atoms. The molecule has 0 aromatic carbocycles. The molecule has 98 valence electrons. The Morgan fingerprint density at radius 2 is 1.06 bits per heavy atom. The van der Waals surface area contributed by atoms with Gasteiger partial charge in [0.2, 0.25) is 0 Å². The van der Waals surface area contributed by atoms with Crippen LogP contribution in [0.4, 0.5) is 0 Å². The highest BCUT2D eigenvalue weighted by Gasteiger charge is 2.00. The van der Waals surface area contributed by atoms with E-state index >= 15 is 0 Å². The van der Waals surface area contributed by atoms with Crippen molar-refractivity contribution >= 4 is 0 Å². The molecule has 0 unspecified atom stereocenters. The quantitative estimate of drug-likeness (QED) is 0.291. The Kier molecular flexibility index (Phi) is 10.0. The molecule has 0 atom stereocenters. The Morgan fingerprint density at radius 1 is 0.688 bits per heavy atom. The van der Waals surface area contributed by atoms with Gasteiger partial charge in [-0.15, -0.1) is 0 Å². The minimum Gasteiger partial charge on any atom is -0.633 e. The lowest BCUT2D eigenvalue weighted by atomic mass is 10.1. The second kappa shape index (κ2) is 10.1. The Bertz CT molecular complexity index is 140. The highest BCUT2D eigenvalue weighted by atomic mass is 16.5. The van der Waals surface area contributed by atoms with Gasteiger partial charge in [0.15, 0.2) is 0 Å². The van der Waals surface area contributed by atoms with Crippen LogP contribution in [0.25, 0.3) is 0 Å². The lowest BCUT2D eigenvalue weighted by molar-refractivity contribution is -0.840. The van der Waals surface area contributed by atoms with Crippen LogP contribution in [0.1, 0.15) is 71.1 Å². The van der Waals surface area contributed by atoms with E-state index in [0.717, 1.165) is 13.0 Å². The van der Waals surface area contributed by atoms with E-state index in [1.807, 2.05) is 0 Å². The van der Waals surface area contributed by atoms with E-state index in [-0.39, 0.29) is 4.65 Å². The fourth-order valence-corrected chi connectivity index (χ4v) is 1.98. The van der Waals surface area contributed by atoms with Gasteiger partial charge in [-0.1, -0.05) is 58.3 Å². The van der Waals surface area contributed by atoms with Crippen LogP contribution < -0.4 is 0 Å². The highest BCUT2D eigenvalue weighted by molar-refractivity contribution is 4.47. The molecule has 2 nitrogen and oxygen atoms in total. The van der Waals surface area contributed by atoms with Gasteiger partial charge < -0.3 is 9.85 Å². The molecule has 0 N–H and O–H groups in total. The molecule has 0 radical (unpaired) electrons. The second-order valence-electron chi connectivity index (χ2n) is 5.48. The Labute approximate surface area is 102 Å². The molecule has 0 fully saturated rings. The van der Waals surface area contributed by atoms with E-state index in [1.54, 1.807) is 14.1 Å². The van der Waals surface area contributed by atoms with Crippen molar-refractivity contribution in [2.24, 2.45) is 0 Å². The summed E-state index contributed by atoms with van der Waals surface area (Å²) in [5, 5.41) is 11.3. The molecule has 0 aromatic rings. The van der Waals surface area contributed by atoms with E-state index in [4.69, 9.17) is 0 Å². The number of hydrogen-bond donors (Lipinski definition) is 0. The molecule has 0 aliphatic carbocycles. The van der Waals surface area contributed by atoms with E-state index in [1.165, 1.54) is 57.8 Å². The van der Waals surface area contributed by atoms with Crippen LogP contribution in [-0.4, -0.2) is 25.3 Å². The molecule has 0 aliphatic heterocycles. The number of hydrogen-bond acceptors (Lipinski definition) is 1. The monoisotopic (exact) mass is 229 g/mol. The van der Waals surface area contributed by atoms with Gasteiger partial charge in [0, 0.05) is 0 Å². The highest BCUT2D eigenvalue weighted by Crippen LogP contribution is 2.11. The molecule has 0 spiro atoms. The zero-order valence-corrected chi connectivity index (χ0v) is 11.6. The van der Waals surface area contributed by atoms with E-state index in [2.05, 4.69) is 6.92 Å². The average molecular weight is 229 g/mol. The van der Waals surface area contributed by atoms with Gasteiger partial charge in [-0.2, -0.15) is 0 Å². The summed E-state index contributed by atoms with van der Waals surface area (Å²) in [7, 11) is 3.46. The third-order valence-electron chi connectivity index (χ3n) is 3.05. The molecule has 16 heavy (non-hydrogen) atoms. The summed E-state index contributed by atoms with van der Waals surface area (Å²) in [5.74, 6) is 0. The molecule has 0 aliphatic rings. The summed E-state index contributed by atoms with van der Waals surface area (Å²) in [4.78, 5) is 0. The lowest BCUT2D eigenvalue weighted by Gasteiger charge is -2.33. The number of unbranched alkanes of at least 4 members (excludes halogenated alkanes) is 9. The standard InChI is InChI=1S/C14H31NO/c1-4-5-6-7-8-9-10-11-12-13-14-15(2,3)16/h4-14H2,1-3H3. The molecule has 2 heteroatoms. The summed E-state index contributed by atoms with van der Waals surface area (Å²) in [6, 6.07) is 0. The van der Waals surface area contributed by atoms with Crippen LogP contribution in [-0.2, 0) is 0 Å².